The van der Waals surface area contributed by atoms with Crippen LogP contribution < -0.4 is 10.6 Å². The Morgan fingerprint density at radius 2 is 1.86 bits per heavy atom. The number of amides is 1. The molecule has 1 unspecified atom stereocenters. The summed E-state index contributed by atoms with van der Waals surface area (Å²) in [5.74, 6) is -0.374. The largest absolute Gasteiger partial charge is 0.360 e. The van der Waals surface area contributed by atoms with Crippen LogP contribution in [0.1, 0.15) is 54.5 Å². The number of thiazole rings is 1. The lowest BCUT2D eigenvalue weighted by atomic mass is 9.88. The van der Waals surface area contributed by atoms with Crippen molar-refractivity contribution in [3.05, 3.63) is 94.7 Å². The first-order valence-corrected chi connectivity index (χ1v) is 13.6. The standard InChI is InChI=1S/C31H30N4OS/c1-3-27(24-10-9-21-6-4-5-7-23(21)17-24)34-30(36)25(18-32)19-33-26-13-11-22(12-14-26)31-35-28-15-8-20(2)16-29(28)37-31/h8-17,19,27,33H,3-7H2,1-2H3,(H,34,36)/b25-19-. The van der Waals surface area contributed by atoms with E-state index in [-0.39, 0.29) is 17.5 Å². The number of anilines is 1. The lowest BCUT2D eigenvalue weighted by Crippen LogP contribution is -2.29. The fraction of sp³-hybridized carbons (Fsp3) is 0.258. The van der Waals surface area contributed by atoms with Gasteiger partial charge >= 0.3 is 0 Å². The first kappa shape index (κ1) is 24.7. The number of nitrogens with zero attached hydrogens (tertiary/aromatic N) is 2. The Hall–Kier alpha value is -3.95. The molecule has 5 nitrogen and oxygen atoms in total. The highest BCUT2D eigenvalue weighted by Crippen LogP contribution is 2.31. The summed E-state index contributed by atoms with van der Waals surface area (Å²) < 4.78 is 1.17. The van der Waals surface area contributed by atoms with Crippen molar-refractivity contribution in [1.29, 1.82) is 5.26 Å². The number of nitriles is 1. The summed E-state index contributed by atoms with van der Waals surface area (Å²) in [5, 5.41) is 16.8. The molecule has 1 aliphatic rings. The molecule has 4 aromatic rings. The van der Waals surface area contributed by atoms with Crippen LogP contribution in [0.3, 0.4) is 0 Å². The molecule has 5 rings (SSSR count). The number of aryl methyl sites for hydroxylation is 3. The summed E-state index contributed by atoms with van der Waals surface area (Å²) in [5.41, 5.74) is 8.00. The number of aromatic nitrogens is 1. The Labute approximate surface area is 221 Å². The third-order valence-electron chi connectivity index (χ3n) is 6.91. The van der Waals surface area contributed by atoms with E-state index < -0.39 is 0 Å². The Morgan fingerprint density at radius 3 is 2.62 bits per heavy atom. The predicted molar refractivity (Wildman–Crippen MR) is 151 cm³/mol. The van der Waals surface area contributed by atoms with Gasteiger partial charge in [-0.3, -0.25) is 4.79 Å². The molecule has 1 atom stereocenters. The van der Waals surface area contributed by atoms with E-state index in [1.165, 1.54) is 40.4 Å². The number of fused-ring (bicyclic) bond motifs is 2. The van der Waals surface area contributed by atoms with Crippen LogP contribution in [-0.2, 0) is 17.6 Å². The molecule has 0 bridgehead atoms. The minimum absolute atomic E-state index is 0.0435. The van der Waals surface area contributed by atoms with Gasteiger partial charge in [-0.1, -0.05) is 31.2 Å². The highest BCUT2D eigenvalue weighted by Gasteiger charge is 2.18. The van der Waals surface area contributed by atoms with Gasteiger partial charge in [0.1, 0.15) is 16.6 Å². The number of carbonyl (C=O) groups is 1. The Morgan fingerprint density at radius 1 is 1.08 bits per heavy atom. The van der Waals surface area contributed by atoms with Crippen molar-refractivity contribution in [2.24, 2.45) is 0 Å². The van der Waals surface area contributed by atoms with Crippen LogP contribution in [0.25, 0.3) is 20.8 Å². The molecule has 37 heavy (non-hydrogen) atoms. The fourth-order valence-corrected chi connectivity index (χ4v) is 5.86. The van der Waals surface area contributed by atoms with Crippen molar-refractivity contribution >= 4 is 33.1 Å². The van der Waals surface area contributed by atoms with Gasteiger partial charge in [0.15, 0.2) is 0 Å². The van der Waals surface area contributed by atoms with Crippen LogP contribution in [0.15, 0.2) is 72.4 Å². The molecule has 0 spiro atoms. The molecule has 0 radical (unpaired) electrons. The van der Waals surface area contributed by atoms with Gasteiger partial charge in [0.25, 0.3) is 5.91 Å². The van der Waals surface area contributed by atoms with Gasteiger partial charge < -0.3 is 10.6 Å². The van der Waals surface area contributed by atoms with Gasteiger partial charge in [0, 0.05) is 17.5 Å². The summed E-state index contributed by atoms with van der Waals surface area (Å²) >= 11 is 1.67. The normalized spacial score (nSPS) is 14.0. The Bertz CT molecular complexity index is 1510. The van der Waals surface area contributed by atoms with Gasteiger partial charge in [-0.25, -0.2) is 4.98 Å². The van der Waals surface area contributed by atoms with E-state index >= 15 is 0 Å². The van der Waals surface area contributed by atoms with E-state index in [1.807, 2.05) is 37.3 Å². The van der Waals surface area contributed by atoms with Gasteiger partial charge in [-0.2, -0.15) is 5.26 Å². The predicted octanol–water partition coefficient (Wildman–Crippen LogP) is 7.24. The van der Waals surface area contributed by atoms with Crippen LogP contribution in [0.5, 0.6) is 0 Å². The number of hydrogen-bond donors (Lipinski definition) is 2. The molecule has 1 amide bonds. The number of benzene rings is 3. The maximum Gasteiger partial charge on any atom is 0.263 e. The summed E-state index contributed by atoms with van der Waals surface area (Å²) in [4.78, 5) is 17.7. The summed E-state index contributed by atoms with van der Waals surface area (Å²) in [6, 6.07) is 22.6. The van der Waals surface area contributed by atoms with E-state index in [9.17, 15) is 10.1 Å². The molecule has 0 saturated carbocycles. The number of carbonyl (C=O) groups excluding carboxylic acids is 1. The molecule has 3 aromatic carbocycles. The van der Waals surface area contributed by atoms with Gasteiger partial charge in [-0.15, -0.1) is 11.3 Å². The van der Waals surface area contributed by atoms with E-state index in [1.54, 1.807) is 11.3 Å². The molecule has 0 aliphatic heterocycles. The first-order chi connectivity index (χ1) is 18.0. The molecular weight excluding hydrogens is 476 g/mol. The minimum atomic E-state index is -0.374. The zero-order chi connectivity index (χ0) is 25.8. The second-order valence-electron chi connectivity index (χ2n) is 9.55. The van der Waals surface area contributed by atoms with E-state index in [0.29, 0.717) is 0 Å². The van der Waals surface area contributed by atoms with Crippen molar-refractivity contribution in [3.8, 4) is 16.6 Å². The average molecular weight is 507 g/mol. The monoisotopic (exact) mass is 506 g/mol. The molecule has 2 N–H and O–H groups in total. The second kappa shape index (κ2) is 11.0. The SMILES string of the molecule is CCC(NC(=O)/C(C#N)=C\Nc1ccc(-c2nc3ccc(C)cc3s2)cc1)c1ccc2c(c1)CCCC2. The van der Waals surface area contributed by atoms with Crippen LogP contribution in [0.2, 0.25) is 0 Å². The fourth-order valence-electron chi connectivity index (χ4n) is 4.80. The van der Waals surface area contributed by atoms with E-state index in [4.69, 9.17) is 4.98 Å². The van der Waals surface area contributed by atoms with Crippen LogP contribution in [0.4, 0.5) is 5.69 Å². The highest BCUT2D eigenvalue weighted by molar-refractivity contribution is 7.21. The molecule has 6 heteroatoms. The summed E-state index contributed by atoms with van der Waals surface area (Å²) in [7, 11) is 0. The highest BCUT2D eigenvalue weighted by atomic mass is 32.1. The molecule has 0 fully saturated rings. The smallest absolute Gasteiger partial charge is 0.263 e. The minimum Gasteiger partial charge on any atom is -0.360 e. The lowest BCUT2D eigenvalue weighted by molar-refractivity contribution is -0.117. The van der Waals surface area contributed by atoms with Gasteiger partial charge in [0.05, 0.1) is 16.3 Å². The second-order valence-corrected chi connectivity index (χ2v) is 10.6. The zero-order valence-corrected chi connectivity index (χ0v) is 22.0. The van der Waals surface area contributed by atoms with Crippen molar-refractivity contribution in [2.45, 2.75) is 52.0 Å². The van der Waals surface area contributed by atoms with Crippen molar-refractivity contribution < 1.29 is 4.79 Å². The third kappa shape index (κ3) is 5.58. The molecule has 1 aliphatic carbocycles. The van der Waals surface area contributed by atoms with Gasteiger partial charge in [-0.05, 0) is 97.7 Å². The topological polar surface area (TPSA) is 77.8 Å². The number of nitrogens with one attached hydrogen (secondary N) is 2. The zero-order valence-electron chi connectivity index (χ0n) is 21.2. The maximum atomic E-state index is 12.9. The van der Waals surface area contributed by atoms with Crippen LogP contribution in [-0.4, -0.2) is 10.9 Å². The number of hydrogen-bond acceptors (Lipinski definition) is 5. The third-order valence-corrected chi connectivity index (χ3v) is 7.98. The molecule has 0 saturated heterocycles. The van der Waals surface area contributed by atoms with Crippen molar-refractivity contribution in [3.63, 3.8) is 0 Å². The average Bonchev–Trinajstić information content (AvgIpc) is 3.35. The lowest BCUT2D eigenvalue weighted by Gasteiger charge is -2.21. The molecule has 186 valence electrons. The Balaban J connectivity index is 1.25. The van der Waals surface area contributed by atoms with Crippen molar-refractivity contribution in [2.75, 3.05) is 5.32 Å². The molecule has 1 heterocycles. The Kier molecular flexibility index (Phi) is 7.34. The van der Waals surface area contributed by atoms with Crippen LogP contribution in [0, 0.1) is 18.3 Å². The molecular formula is C31H30N4OS. The first-order valence-electron chi connectivity index (χ1n) is 12.8. The van der Waals surface area contributed by atoms with Gasteiger partial charge in [0.2, 0.25) is 0 Å². The maximum absolute atomic E-state index is 12.9. The number of rotatable bonds is 7. The summed E-state index contributed by atoms with van der Waals surface area (Å²) in [6.45, 7) is 4.13. The van der Waals surface area contributed by atoms with Crippen molar-refractivity contribution in [1.82, 2.24) is 10.3 Å². The summed E-state index contributed by atoms with van der Waals surface area (Å²) in [6.07, 6.45) is 6.92. The molecule has 1 aromatic heterocycles. The van der Waals surface area contributed by atoms with Crippen LogP contribution >= 0.6 is 11.3 Å². The quantitative estimate of drug-likeness (QED) is 0.205. The van der Waals surface area contributed by atoms with E-state index in [0.717, 1.165) is 46.6 Å². The van der Waals surface area contributed by atoms with E-state index in [2.05, 4.69) is 54.0 Å².